The van der Waals surface area contributed by atoms with Gasteiger partial charge in [-0.25, -0.2) is 5.01 Å². The number of hydrazine groups is 1. The van der Waals surface area contributed by atoms with E-state index in [1.54, 1.807) is 19.1 Å². The number of carbonyl (C=O) groups is 3. The smallest absolute Gasteiger partial charge is 0.320 e. The van der Waals surface area contributed by atoms with E-state index in [-0.39, 0.29) is 29.7 Å². The molecule has 3 aliphatic heterocycles. The monoisotopic (exact) mass is 809 g/mol. The number of nitrogens with zero attached hydrogens (tertiary/aromatic N) is 4. The maximum atomic E-state index is 14.3. The minimum Gasteiger partial charge on any atom is -0.493 e. The van der Waals surface area contributed by atoms with Crippen molar-refractivity contribution >= 4 is 41.0 Å². The average molecular weight is 811 g/mol. The number of piperidine rings is 1. The Morgan fingerprint density at radius 1 is 0.750 bits per heavy atom. The summed E-state index contributed by atoms with van der Waals surface area (Å²) in [5, 5.41) is 2.95. The molecule has 3 aliphatic rings. The van der Waals surface area contributed by atoms with Crippen molar-refractivity contribution in [3.05, 3.63) is 87.4 Å². The predicted octanol–water partition coefficient (Wildman–Crippen LogP) is 5.44. The minimum atomic E-state index is -0.682. The minimum absolute atomic E-state index is 0.00575. The van der Waals surface area contributed by atoms with E-state index in [4.69, 9.17) is 42.1 Å². The highest BCUT2D eigenvalue weighted by atomic mass is 35.5. The Morgan fingerprint density at radius 3 is 2.04 bits per heavy atom. The topological polar surface area (TPSA) is 113 Å². The molecule has 0 saturated carbocycles. The molecule has 0 aliphatic carbocycles. The Hall–Kier alpha value is -4.07. The lowest BCUT2D eigenvalue weighted by atomic mass is 9.71. The second-order valence-corrected chi connectivity index (χ2v) is 15.7. The van der Waals surface area contributed by atoms with E-state index < -0.39 is 5.41 Å². The predicted molar refractivity (Wildman–Crippen MR) is 216 cm³/mol. The molecule has 302 valence electrons. The summed E-state index contributed by atoms with van der Waals surface area (Å²) >= 11 is 13.0. The number of rotatable bonds is 14. The van der Waals surface area contributed by atoms with Gasteiger partial charge in [0.1, 0.15) is 0 Å². The molecule has 1 atom stereocenters. The lowest BCUT2D eigenvalue weighted by Gasteiger charge is -2.43. The van der Waals surface area contributed by atoms with Crippen LogP contribution in [0.2, 0.25) is 10.0 Å². The second-order valence-electron chi connectivity index (χ2n) is 14.8. The van der Waals surface area contributed by atoms with Crippen molar-refractivity contribution < 1.29 is 33.3 Å². The van der Waals surface area contributed by atoms with Crippen LogP contribution in [0.15, 0.2) is 60.7 Å². The van der Waals surface area contributed by atoms with Crippen LogP contribution in [0.4, 0.5) is 0 Å². The fraction of sp³-hybridized carbons (Fsp3) is 0.500. The summed E-state index contributed by atoms with van der Waals surface area (Å²) in [6.07, 6.45) is 2.86. The van der Waals surface area contributed by atoms with Gasteiger partial charge in [0, 0.05) is 50.2 Å². The standard InChI is InChI=1S/C42H53Cl2N5O7/c1-5-56-37(50)28-47-21-23-49(24-22-47)45-40(52)42(31-9-7-6-8-10-31)15-18-46(19-16-42)17-13-41(32-11-12-33(43)34(44)27-32)14-20-48(29-41)39(51)30-25-35(53-2)38(55-4)36(26-30)54-3/h6-12,25-27H,5,13-24,28-29H2,1-4H3,(H,45,52). The molecule has 0 bridgehead atoms. The van der Waals surface area contributed by atoms with Gasteiger partial charge >= 0.3 is 5.97 Å². The number of halogens is 2. The van der Waals surface area contributed by atoms with Crippen LogP contribution >= 0.6 is 23.2 Å². The highest BCUT2D eigenvalue weighted by molar-refractivity contribution is 6.42. The summed E-state index contributed by atoms with van der Waals surface area (Å²) < 4.78 is 21.7. The fourth-order valence-electron chi connectivity index (χ4n) is 8.44. The van der Waals surface area contributed by atoms with Gasteiger partial charge in [0.15, 0.2) is 11.5 Å². The van der Waals surface area contributed by atoms with Crippen molar-refractivity contribution in [3.8, 4) is 17.2 Å². The summed E-state index contributed by atoms with van der Waals surface area (Å²) in [5.74, 6) is 0.929. The first-order chi connectivity index (χ1) is 27.0. The van der Waals surface area contributed by atoms with Crippen LogP contribution in [-0.2, 0) is 25.2 Å². The van der Waals surface area contributed by atoms with Gasteiger partial charge in [-0.2, -0.15) is 0 Å². The third-order valence-electron chi connectivity index (χ3n) is 11.8. The molecule has 3 heterocycles. The summed E-state index contributed by atoms with van der Waals surface area (Å²) in [7, 11) is 4.60. The molecule has 3 aromatic carbocycles. The zero-order valence-corrected chi connectivity index (χ0v) is 34.3. The van der Waals surface area contributed by atoms with Crippen LogP contribution in [0.5, 0.6) is 17.2 Å². The zero-order chi connectivity index (χ0) is 39.9. The molecule has 3 fully saturated rings. The second kappa shape index (κ2) is 18.5. The summed E-state index contributed by atoms with van der Waals surface area (Å²) in [4.78, 5) is 46.8. The Labute approximate surface area is 339 Å². The molecule has 3 aromatic rings. The lowest BCUT2D eigenvalue weighted by molar-refractivity contribution is -0.145. The number of carbonyl (C=O) groups excluding carboxylic acids is 3. The van der Waals surface area contributed by atoms with Crippen LogP contribution in [0.25, 0.3) is 0 Å². The average Bonchev–Trinajstić information content (AvgIpc) is 3.67. The van der Waals surface area contributed by atoms with Crippen molar-refractivity contribution in [2.45, 2.75) is 43.4 Å². The Balaban J connectivity index is 1.15. The first-order valence-corrected chi connectivity index (χ1v) is 20.1. The van der Waals surface area contributed by atoms with Crippen molar-refractivity contribution in [1.29, 1.82) is 0 Å². The highest BCUT2D eigenvalue weighted by Crippen LogP contribution is 2.43. The van der Waals surface area contributed by atoms with Crippen molar-refractivity contribution in [2.24, 2.45) is 0 Å². The molecule has 3 saturated heterocycles. The molecule has 6 rings (SSSR count). The number of hydrogen-bond acceptors (Lipinski definition) is 10. The van der Waals surface area contributed by atoms with E-state index in [1.807, 2.05) is 46.3 Å². The fourth-order valence-corrected chi connectivity index (χ4v) is 8.73. The third kappa shape index (κ3) is 9.05. The number of hydrogen-bond donors (Lipinski definition) is 1. The highest BCUT2D eigenvalue weighted by Gasteiger charge is 2.46. The lowest BCUT2D eigenvalue weighted by Crippen LogP contribution is -2.59. The molecule has 0 aromatic heterocycles. The van der Waals surface area contributed by atoms with Gasteiger partial charge in [0.05, 0.1) is 49.9 Å². The first kappa shape index (κ1) is 41.6. The maximum Gasteiger partial charge on any atom is 0.320 e. The Bertz CT molecular complexity index is 1830. The van der Waals surface area contributed by atoms with Gasteiger partial charge in [-0.1, -0.05) is 59.6 Å². The number of benzene rings is 3. The Kier molecular flexibility index (Phi) is 13.7. The van der Waals surface area contributed by atoms with E-state index in [1.165, 1.54) is 21.3 Å². The molecule has 0 spiro atoms. The van der Waals surface area contributed by atoms with Crippen molar-refractivity contribution in [3.63, 3.8) is 0 Å². The number of nitrogens with one attached hydrogen (secondary N) is 1. The molecule has 56 heavy (non-hydrogen) atoms. The van der Waals surface area contributed by atoms with E-state index in [9.17, 15) is 14.4 Å². The summed E-state index contributed by atoms with van der Waals surface area (Å²) in [5.41, 5.74) is 4.72. The van der Waals surface area contributed by atoms with Gasteiger partial charge in [-0.3, -0.25) is 24.7 Å². The van der Waals surface area contributed by atoms with E-state index in [0.29, 0.717) is 91.6 Å². The van der Waals surface area contributed by atoms with Crippen LogP contribution < -0.4 is 19.6 Å². The molecule has 1 unspecified atom stereocenters. The van der Waals surface area contributed by atoms with Crippen LogP contribution in [0.3, 0.4) is 0 Å². The molecule has 14 heteroatoms. The van der Waals surface area contributed by atoms with Crippen LogP contribution in [-0.4, -0.2) is 131 Å². The molecule has 12 nitrogen and oxygen atoms in total. The summed E-state index contributed by atoms with van der Waals surface area (Å²) in [6.45, 7) is 8.31. The van der Waals surface area contributed by atoms with Crippen molar-refractivity contribution in [2.75, 3.05) is 93.4 Å². The quantitative estimate of drug-likeness (QED) is 0.212. The molecular weight excluding hydrogens is 757 g/mol. The number of likely N-dealkylation sites (tertiary alicyclic amines) is 2. The zero-order valence-electron chi connectivity index (χ0n) is 32.8. The molecule has 2 amide bonds. The SMILES string of the molecule is CCOC(=O)CN1CCN(NC(=O)C2(c3ccccc3)CCN(CCC3(c4ccc(Cl)c(Cl)c4)CCN(C(=O)c4cc(OC)c(OC)c(OC)c4)C3)CC2)CC1. The third-order valence-corrected chi connectivity index (χ3v) is 12.5. The van der Waals surface area contributed by atoms with Crippen molar-refractivity contribution in [1.82, 2.24) is 25.1 Å². The molecular formula is C42H53Cl2N5O7. The van der Waals surface area contributed by atoms with Gasteiger partial charge in [0.2, 0.25) is 11.7 Å². The number of piperazine rings is 1. The van der Waals surface area contributed by atoms with Gasteiger partial charge in [-0.15, -0.1) is 0 Å². The Morgan fingerprint density at radius 2 is 1.43 bits per heavy atom. The van der Waals surface area contributed by atoms with E-state index in [0.717, 1.165) is 43.6 Å². The summed E-state index contributed by atoms with van der Waals surface area (Å²) in [6, 6.07) is 19.3. The van der Waals surface area contributed by atoms with Crippen LogP contribution in [0.1, 0.15) is 54.1 Å². The number of ether oxygens (including phenoxy) is 4. The van der Waals surface area contributed by atoms with E-state index >= 15 is 0 Å². The van der Waals surface area contributed by atoms with Crippen LogP contribution in [0, 0.1) is 0 Å². The largest absolute Gasteiger partial charge is 0.493 e. The van der Waals surface area contributed by atoms with Gasteiger partial charge in [-0.05, 0) is 87.6 Å². The normalized spacial score (nSPS) is 20.4. The number of esters is 1. The number of amides is 2. The first-order valence-electron chi connectivity index (χ1n) is 19.3. The maximum absolute atomic E-state index is 14.3. The van der Waals surface area contributed by atoms with Gasteiger partial charge < -0.3 is 28.7 Å². The number of methoxy groups -OCH3 is 3. The van der Waals surface area contributed by atoms with E-state index in [2.05, 4.69) is 27.4 Å². The van der Waals surface area contributed by atoms with Gasteiger partial charge in [0.25, 0.3) is 5.91 Å². The molecule has 0 radical (unpaired) electrons. The molecule has 1 N–H and O–H groups in total.